The third-order valence-electron chi connectivity index (χ3n) is 8.28. The third kappa shape index (κ3) is 20.7. The Balaban J connectivity index is 2.79. The van der Waals surface area contributed by atoms with Gasteiger partial charge < -0.3 is 40.3 Å². The van der Waals surface area contributed by atoms with E-state index in [9.17, 15) is 38.7 Å². The molecule has 0 bridgehead atoms. The van der Waals surface area contributed by atoms with Crippen LogP contribution in [0.2, 0.25) is 0 Å². The number of ether oxygens (including phenoxy) is 2. The molecule has 1 fully saturated rings. The van der Waals surface area contributed by atoms with Gasteiger partial charge in [-0.05, 0) is 32.1 Å². The number of allylic oxidation sites excluding steroid dienone is 4. The van der Waals surface area contributed by atoms with Gasteiger partial charge in [-0.2, -0.15) is 8.42 Å². The molecule has 1 saturated heterocycles. The van der Waals surface area contributed by atoms with E-state index in [0.717, 1.165) is 38.5 Å². The van der Waals surface area contributed by atoms with Gasteiger partial charge >= 0.3 is 10.4 Å². The van der Waals surface area contributed by atoms with E-state index in [1.165, 1.54) is 51.0 Å². The van der Waals surface area contributed by atoms with Crippen molar-refractivity contribution in [3.8, 4) is 0 Å². The maximum Gasteiger partial charge on any atom is 0.397 e. The number of hydrogen-bond acceptors (Lipinski definition) is 11. The predicted molar refractivity (Wildman–Crippen MR) is 187 cm³/mol. The van der Waals surface area contributed by atoms with Crippen molar-refractivity contribution >= 4 is 16.3 Å². The van der Waals surface area contributed by atoms with Crippen LogP contribution in [-0.2, 0) is 28.9 Å². The van der Waals surface area contributed by atoms with Crippen LogP contribution in [0, 0.1) is 0 Å². The number of carbonyl (C=O) groups excluding carboxylic acids is 1. The SMILES string of the molecule is CCCCCCCC/C=C\C/C=C\CC(O)C(=O)NC(COC1OC(CO)C(O)C(OS(=O)(=O)O)C1O)C(O)/C=C/CCCCCCCC. The fourth-order valence-corrected chi connectivity index (χ4v) is 5.83. The number of aliphatic hydroxyl groups excluding tert-OH is 5. The van der Waals surface area contributed by atoms with Crippen LogP contribution in [0.15, 0.2) is 36.5 Å². The summed E-state index contributed by atoms with van der Waals surface area (Å²) in [5, 5.41) is 54.5. The van der Waals surface area contributed by atoms with E-state index in [2.05, 4.69) is 29.4 Å². The second kappa shape index (κ2) is 27.0. The Labute approximate surface area is 293 Å². The molecular formula is C35H63NO12S. The summed E-state index contributed by atoms with van der Waals surface area (Å²) in [6, 6.07) is -1.15. The monoisotopic (exact) mass is 721 g/mol. The van der Waals surface area contributed by atoms with Crippen molar-refractivity contribution in [1.29, 1.82) is 0 Å². The molecule has 7 N–H and O–H groups in total. The molecular weight excluding hydrogens is 658 g/mol. The highest BCUT2D eigenvalue weighted by Crippen LogP contribution is 2.26. The molecule has 13 nitrogen and oxygen atoms in total. The first-order chi connectivity index (χ1) is 23.4. The van der Waals surface area contributed by atoms with Crippen molar-refractivity contribution < 1.29 is 57.0 Å². The van der Waals surface area contributed by atoms with E-state index in [0.29, 0.717) is 12.8 Å². The Bertz CT molecular complexity index is 1050. The average Bonchev–Trinajstić information content (AvgIpc) is 3.06. The average molecular weight is 722 g/mol. The predicted octanol–water partition coefficient (Wildman–Crippen LogP) is 3.79. The Morgan fingerprint density at radius 2 is 1.41 bits per heavy atom. The summed E-state index contributed by atoms with van der Waals surface area (Å²) in [5.74, 6) is -0.776. The molecule has 0 radical (unpaired) electrons. The van der Waals surface area contributed by atoms with Crippen molar-refractivity contribution in [3.05, 3.63) is 36.5 Å². The number of nitrogens with one attached hydrogen (secondary N) is 1. The van der Waals surface area contributed by atoms with Crippen LogP contribution in [0.3, 0.4) is 0 Å². The first-order valence-electron chi connectivity index (χ1n) is 18.0. The number of hydrogen-bond donors (Lipinski definition) is 7. The molecule has 8 atom stereocenters. The van der Waals surface area contributed by atoms with Gasteiger partial charge in [0.05, 0.1) is 25.4 Å². The number of carbonyl (C=O) groups is 1. The molecule has 1 aliphatic rings. The van der Waals surface area contributed by atoms with Crippen molar-refractivity contribution in [2.75, 3.05) is 13.2 Å². The highest BCUT2D eigenvalue weighted by Gasteiger charge is 2.48. The summed E-state index contributed by atoms with van der Waals surface area (Å²) in [6.45, 7) is 3.05. The maximum atomic E-state index is 12.9. The van der Waals surface area contributed by atoms with Gasteiger partial charge in [0, 0.05) is 6.42 Å². The molecule has 1 heterocycles. The van der Waals surface area contributed by atoms with E-state index in [1.54, 1.807) is 12.2 Å². The standard InChI is InChI=1S/C35H63NO12S/c1-3-5-7-9-11-13-14-15-16-18-20-22-24-29(39)34(42)36-27(28(38)23-21-19-17-12-10-8-6-4-2)26-46-35-32(41)33(48-49(43,44)45)31(40)30(25-37)47-35/h15-16,20-23,27-33,35,37-41H,3-14,17-19,24-26H2,1-2H3,(H,36,42)(H,43,44,45)/b16-15-,22-20-,23-21+. The summed E-state index contributed by atoms with van der Waals surface area (Å²) in [7, 11) is -5.11. The van der Waals surface area contributed by atoms with Gasteiger partial charge in [-0.1, -0.05) is 115 Å². The minimum absolute atomic E-state index is 0.0316. The zero-order valence-electron chi connectivity index (χ0n) is 29.4. The normalized spacial score (nSPS) is 23.8. The van der Waals surface area contributed by atoms with Gasteiger partial charge in [-0.15, -0.1) is 0 Å². The number of aliphatic hydroxyl groups is 5. The van der Waals surface area contributed by atoms with Crippen LogP contribution < -0.4 is 5.32 Å². The van der Waals surface area contributed by atoms with Crippen molar-refractivity contribution in [3.63, 3.8) is 0 Å². The van der Waals surface area contributed by atoms with Crippen LogP contribution in [0.1, 0.15) is 117 Å². The van der Waals surface area contributed by atoms with Crippen LogP contribution >= 0.6 is 0 Å². The zero-order valence-corrected chi connectivity index (χ0v) is 30.2. The first kappa shape index (κ1) is 45.3. The van der Waals surface area contributed by atoms with E-state index in [4.69, 9.17) is 14.0 Å². The molecule has 0 aromatic rings. The highest BCUT2D eigenvalue weighted by atomic mass is 32.3. The lowest BCUT2D eigenvalue weighted by molar-refractivity contribution is -0.298. The molecule has 1 aliphatic heterocycles. The van der Waals surface area contributed by atoms with Crippen LogP contribution in [0.5, 0.6) is 0 Å². The number of rotatable bonds is 28. The van der Waals surface area contributed by atoms with E-state index in [1.807, 2.05) is 12.2 Å². The van der Waals surface area contributed by atoms with Crippen LogP contribution in [-0.4, -0.2) is 107 Å². The Morgan fingerprint density at radius 3 is 2.00 bits per heavy atom. The van der Waals surface area contributed by atoms with Gasteiger partial charge in [0.25, 0.3) is 0 Å². The van der Waals surface area contributed by atoms with Gasteiger partial charge in [0.1, 0.15) is 30.5 Å². The zero-order chi connectivity index (χ0) is 36.5. The lowest BCUT2D eigenvalue weighted by Crippen LogP contribution is -2.61. The summed E-state index contributed by atoms with van der Waals surface area (Å²) < 4.78 is 47.0. The summed E-state index contributed by atoms with van der Waals surface area (Å²) in [4.78, 5) is 12.9. The summed E-state index contributed by atoms with van der Waals surface area (Å²) in [5.41, 5.74) is 0. The third-order valence-corrected chi connectivity index (χ3v) is 8.75. The summed E-state index contributed by atoms with van der Waals surface area (Å²) >= 11 is 0. The fraction of sp³-hybridized carbons (Fsp3) is 0.800. The largest absolute Gasteiger partial charge is 0.397 e. The Morgan fingerprint density at radius 1 is 0.837 bits per heavy atom. The molecule has 0 spiro atoms. The van der Waals surface area contributed by atoms with Crippen LogP contribution in [0.25, 0.3) is 0 Å². The second-order valence-electron chi connectivity index (χ2n) is 12.6. The summed E-state index contributed by atoms with van der Waals surface area (Å²) in [6.07, 6.45) is 15.9. The van der Waals surface area contributed by atoms with Gasteiger partial charge in [-0.3, -0.25) is 9.35 Å². The molecule has 1 rings (SSSR count). The molecule has 0 aromatic heterocycles. The fourth-order valence-electron chi connectivity index (χ4n) is 5.32. The highest BCUT2D eigenvalue weighted by molar-refractivity contribution is 7.80. The van der Waals surface area contributed by atoms with E-state index >= 15 is 0 Å². The molecule has 0 aromatic carbocycles. The van der Waals surface area contributed by atoms with Gasteiger partial charge in [0.15, 0.2) is 6.29 Å². The van der Waals surface area contributed by atoms with Gasteiger partial charge in [-0.25, -0.2) is 4.18 Å². The Hall–Kier alpha value is -1.72. The first-order valence-corrected chi connectivity index (χ1v) is 19.3. The van der Waals surface area contributed by atoms with Crippen molar-refractivity contribution in [2.24, 2.45) is 0 Å². The van der Waals surface area contributed by atoms with Crippen LogP contribution in [0.4, 0.5) is 0 Å². The molecule has 14 heteroatoms. The smallest absolute Gasteiger partial charge is 0.394 e. The number of unbranched alkanes of at least 4 members (excludes halogenated alkanes) is 12. The molecule has 8 unspecified atom stereocenters. The molecule has 1 amide bonds. The lowest BCUT2D eigenvalue weighted by Gasteiger charge is -2.41. The maximum absolute atomic E-state index is 12.9. The second-order valence-corrected chi connectivity index (χ2v) is 13.7. The molecule has 0 saturated carbocycles. The van der Waals surface area contributed by atoms with E-state index < -0.39 is 78.5 Å². The minimum atomic E-state index is -5.11. The lowest BCUT2D eigenvalue weighted by atomic mass is 9.99. The minimum Gasteiger partial charge on any atom is -0.394 e. The van der Waals surface area contributed by atoms with Crippen molar-refractivity contribution in [1.82, 2.24) is 5.32 Å². The van der Waals surface area contributed by atoms with Crippen molar-refractivity contribution in [2.45, 2.75) is 166 Å². The quantitative estimate of drug-likeness (QED) is 0.0350. The van der Waals surface area contributed by atoms with E-state index in [-0.39, 0.29) is 6.42 Å². The number of amides is 1. The molecule has 49 heavy (non-hydrogen) atoms. The Kier molecular flexibility index (Phi) is 25.0. The molecule has 0 aliphatic carbocycles. The molecule has 286 valence electrons. The topological polar surface area (TPSA) is 212 Å². The van der Waals surface area contributed by atoms with Gasteiger partial charge in [0.2, 0.25) is 5.91 Å².